The fourth-order valence-electron chi connectivity index (χ4n) is 0.564. The van der Waals surface area contributed by atoms with Crippen molar-refractivity contribution < 1.29 is 18.7 Å². The first-order valence-electron chi connectivity index (χ1n) is 2.64. The zero-order valence-corrected chi connectivity index (χ0v) is 5.17. The predicted molar refractivity (Wildman–Crippen MR) is 28.5 cm³/mol. The van der Waals surface area contributed by atoms with Gasteiger partial charge >= 0.3 is 0 Å². The highest BCUT2D eigenvalue weighted by Crippen LogP contribution is 2.03. The Balaban J connectivity index is 3.20. The van der Waals surface area contributed by atoms with Crippen LogP contribution in [0.3, 0.4) is 0 Å². The summed E-state index contributed by atoms with van der Waals surface area (Å²) in [5, 5.41) is 10.0. The van der Waals surface area contributed by atoms with Crippen LogP contribution in [0.2, 0.25) is 0 Å². The van der Waals surface area contributed by atoms with Gasteiger partial charge in [0, 0.05) is 0 Å². The number of carboxylic acids is 1. The van der Waals surface area contributed by atoms with E-state index in [0.29, 0.717) is 0 Å². The summed E-state index contributed by atoms with van der Waals surface area (Å²) in [6.45, 7) is 0. The Kier molecular flexibility index (Phi) is 1.80. The number of hydrogen-bond donors (Lipinski definition) is 0. The van der Waals surface area contributed by atoms with Gasteiger partial charge in [-0.25, -0.2) is 0 Å². The summed E-state index contributed by atoms with van der Waals surface area (Å²) in [6, 6.07) is 1.50. The van der Waals surface area contributed by atoms with Crippen molar-refractivity contribution in [2.45, 2.75) is 0 Å². The normalized spacial score (nSPS) is 9.64. The summed E-state index contributed by atoms with van der Waals surface area (Å²) < 4.78 is 24.4. The van der Waals surface area contributed by atoms with E-state index < -0.39 is 23.4 Å². The third kappa shape index (κ3) is 1.49. The zero-order valence-electron chi connectivity index (χ0n) is 5.17. The van der Waals surface area contributed by atoms with E-state index in [9.17, 15) is 18.7 Å². The van der Waals surface area contributed by atoms with Gasteiger partial charge in [-0.3, -0.25) is 0 Å². The quantitative estimate of drug-likeness (QED) is 0.528. The number of hydrogen-bond acceptors (Lipinski definition) is 3. The van der Waals surface area contributed by atoms with E-state index in [1.165, 1.54) is 0 Å². The summed E-state index contributed by atoms with van der Waals surface area (Å²) in [6.07, 6.45) is 0. The van der Waals surface area contributed by atoms with Crippen LogP contribution in [0.25, 0.3) is 0 Å². The first kappa shape index (κ1) is 7.59. The Labute approximate surface area is 60.3 Å². The van der Waals surface area contributed by atoms with Gasteiger partial charge in [-0.05, 0) is 12.1 Å². The lowest BCUT2D eigenvalue weighted by Gasteiger charge is -2.00. The zero-order chi connectivity index (χ0) is 8.43. The van der Waals surface area contributed by atoms with Crippen molar-refractivity contribution >= 4 is 5.97 Å². The molecule has 1 aromatic heterocycles. The van der Waals surface area contributed by atoms with Crippen LogP contribution >= 0.6 is 0 Å². The summed E-state index contributed by atoms with van der Waals surface area (Å²) in [7, 11) is 0. The van der Waals surface area contributed by atoms with Gasteiger partial charge in [0.05, 0.1) is 11.5 Å². The maximum Gasteiger partial charge on any atom is 0.224 e. The molecule has 1 aromatic rings. The van der Waals surface area contributed by atoms with E-state index in [4.69, 9.17) is 0 Å². The van der Waals surface area contributed by atoms with Crippen molar-refractivity contribution in [1.82, 2.24) is 4.98 Å². The van der Waals surface area contributed by atoms with Crippen LogP contribution in [0.5, 0.6) is 0 Å². The molecule has 0 aromatic carbocycles. The highest BCUT2D eigenvalue weighted by atomic mass is 19.1. The lowest BCUT2D eigenvalue weighted by molar-refractivity contribution is -0.255. The molecular weight excluding hydrogens is 156 g/mol. The first-order valence-corrected chi connectivity index (χ1v) is 2.64. The van der Waals surface area contributed by atoms with Crippen LogP contribution < -0.4 is 5.11 Å². The Morgan fingerprint density at radius 1 is 1.45 bits per heavy atom. The number of carbonyl (C=O) groups excluding carboxylic acids is 1. The Hall–Kier alpha value is -1.52. The molecule has 0 fully saturated rings. The molecule has 11 heavy (non-hydrogen) atoms. The molecule has 1 rings (SSSR count). The van der Waals surface area contributed by atoms with E-state index in [1.54, 1.807) is 0 Å². The van der Waals surface area contributed by atoms with Gasteiger partial charge in [0.15, 0.2) is 0 Å². The number of aromatic carboxylic acids is 1. The minimum Gasteiger partial charge on any atom is -0.545 e. The Morgan fingerprint density at radius 2 is 2.09 bits per heavy atom. The number of pyridine rings is 1. The average molecular weight is 158 g/mol. The molecule has 0 spiro atoms. The molecule has 3 nitrogen and oxygen atoms in total. The number of rotatable bonds is 1. The minimum atomic E-state index is -1.71. The van der Waals surface area contributed by atoms with Gasteiger partial charge in [-0.2, -0.15) is 13.8 Å². The highest BCUT2D eigenvalue weighted by molar-refractivity contribution is 5.85. The predicted octanol–water partition coefficient (Wildman–Crippen LogP) is -0.277. The van der Waals surface area contributed by atoms with Gasteiger partial charge in [0.2, 0.25) is 11.9 Å². The van der Waals surface area contributed by atoms with Gasteiger partial charge in [0.1, 0.15) is 0 Å². The molecule has 1 heterocycles. The topological polar surface area (TPSA) is 53.0 Å². The van der Waals surface area contributed by atoms with Crippen molar-refractivity contribution in [2.75, 3.05) is 0 Å². The molecule has 0 N–H and O–H groups in total. The van der Waals surface area contributed by atoms with E-state index in [-0.39, 0.29) is 0 Å². The maximum absolute atomic E-state index is 12.3. The maximum atomic E-state index is 12.3. The lowest BCUT2D eigenvalue weighted by atomic mass is 10.3. The van der Waals surface area contributed by atoms with Crippen molar-refractivity contribution in [2.24, 2.45) is 0 Å². The van der Waals surface area contributed by atoms with Crippen LogP contribution in [0.15, 0.2) is 12.1 Å². The standard InChI is InChI=1S/C6H3F2NO2/c7-4-2-1-3(6(10)11)5(8)9-4/h1-2H,(H,10,11)/p-1. The molecule has 0 aliphatic carbocycles. The molecule has 0 unspecified atom stereocenters. The highest BCUT2D eigenvalue weighted by Gasteiger charge is 2.04. The molecule has 5 heteroatoms. The van der Waals surface area contributed by atoms with E-state index in [1.807, 2.05) is 0 Å². The number of aromatic nitrogens is 1. The van der Waals surface area contributed by atoms with Crippen molar-refractivity contribution in [1.29, 1.82) is 0 Å². The third-order valence-corrected chi connectivity index (χ3v) is 1.03. The van der Waals surface area contributed by atoms with E-state index >= 15 is 0 Å². The largest absolute Gasteiger partial charge is 0.545 e. The molecule has 0 aliphatic heterocycles. The van der Waals surface area contributed by atoms with Crippen LogP contribution in [0.1, 0.15) is 10.4 Å². The van der Waals surface area contributed by atoms with Crippen LogP contribution in [-0.2, 0) is 0 Å². The van der Waals surface area contributed by atoms with Crippen molar-refractivity contribution in [3.63, 3.8) is 0 Å². The van der Waals surface area contributed by atoms with E-state index in [2.05, 4.69) is 4.98 Å². The summed E-state index contributed by atoms with van der Waals surface area (Å²) in [4.78, 5) is 12.7. The number of carbonyl (C=O) groups is 1. The van der Waals surface area contributed by atoms with Gasteiger partial charge in [0.25, 0.3) is 0 Å². The smallest absolute Gasteiger partial charge is 0.224 e. The molecule has 58 valence electrons. The third-order valence-electron chi connectivity index (χ3n) is 1.03. The molecular formula is C6H2F2NO2-. The second-order valence-corrected chi connectivity index (χ2v) is 1.76. The average Bonchev–Trinajstić information content (AvgIpc) is 1.85. The van der Waals surface area contributed by atoms with E-state index in [0.717, 1.165) is 12.1 Å². The minimum absolute atomic E-state index is 0.744. The summed E-state index contributed by atoms with van der Waals surface area (Å²) in [5.74, 6) is -4.15. The van der Waals surface area contributed by atoms with Crippen LogP contribution in [-0.4, -0.2) is 11.0 Å². The Bertz CT molecular complexity index is 301. The Morgan fingerprint density at radius 3 is 2.55 bits per heavy atom. The molecule has 0 radical (unpaired) electrons. The van der Waals surface area contributed by atoms with Crippen molar-refractivity contribution in [3.05, 3.63) is 29.6 Å². The lowest BCUT2D eigenvalue weighted by Crippen LogP contribution is -2.24. The summed E-state index contributed by atoms with van der Waals surface area (Å²) >= 11 is 0. The molecule has 0 aliphatic rings. The number of carboxylic acid groups (broad SMARTS) is 1. The number of halogens is 2. The summed E-state index contributed by atoms with van der Waals surface area (Å²) in [5.41, 5.74) is -0.744. The molecule has 0 amide bonds. The van der Waals surface area contributed by atoms with Crippen LogP contribution in [0.4, 0.5) is 8.78 Å². The molecule has 0 saturated carbocycles. The molecule has 0 bridgehead atoms. The first-order chi connectivity index (χ1) is 5.11. The SMILES string of the molecule is O=C([O-])c1ccc(F)nc1F. The van der Waals surface area contributed by atoms with Gasteiger partial charge in [-0.15, -0.1) is 0 Å². The van der Waals surface area contributed by atoms with Gasteiger partial charge in [-0.1, -0.05) is 0 Å². The second-order valence-electron chi connectivity index (χ2n) is 1.76. The monoisotopic (exact) mass is 158 g/mol. The second kappa shape index (κ2) is 2.61. The van der Waals surface area contributed by atoms with Crippen molar-refractivity contribution in [3.8, 4) is 0 Å². The fraction of sp³-hybridized carbons (Fsp3) is 0. The van der Waals surface area contributed by atoms with Gasteiger partial charge < -0.3 is 9.90 Å². The molecule has 0 atom stereocenters. The van der Waals surface area contributed by atoms with Crippen LogP contribution in [0, 0.1) is 11.9 Å². The fourth-order valence-corrected chi connectivity index (χ4v) is 0.564. The molecule has 0 saturated heterocycles. The number of nitrogens with zero attached hydrogens (tertiary/aromatic N) is 1.